The van der Waals surface area contributed by atoms with Gasteiger partial charge in [0.2, 0.25) is 5.82 Å². The van der Waals surface area contributed by atoms with E-state index in [1.165, 1.54) is 18.2 Å². The van der Waals surface area contributed by atoms with E-state index in [2.05, 4.69) is 31.4 Å². The van der Waals surface area contributed by atoms with Crippen LogP contribution in [0.2, 0.25) is 5.02 Å². The molecular formula is C19H14BrClN4O5S. The number of halogens is 2. The van der Waals surface area contributed by atoms with Crippen molar-refractivity contribution in [3.63, 3.8) is 0 Å². The van der Waals surface area contributed by atoms with Crippen molar-refractivity contribution >= 4 is 60.4 Å². The van der Waals surface area contributed by atoms with E-state index >= 15 is 0 Å². The first-order chi connectivity index (χ1) is 14.6. The Hall–Kier alpha value is -3.02. The standard InChI is InChI=1S/C19H14BrClN4O5S/c1-31(28,29)11-6-4-5-10(9-11)18-24-17(25-30-18)16(14(20)15(22)19(26)27)23-13-8-3-2-7-12(13)21/h2-9,22-23H,1H3,(H,26,27)/b16-14+,22-15?. The van der Waals surface area contributed by atoms with Crippen molar-refractivity contribution in [3.8, 4) is 11.5 Å². The van der Waals surface area contributed by atoms with Gasteiger partial charge in [0.15, 0.2) is 15.5 Å². The van der Waals surface area contributed by atoms with Gasteiger partial charge in [-0.05, 0) is 46.3 Å². The van der Waals surface area contributed by atoms with E-state index in [9.17, 15) is 18.3 Å². The SMILES string of the molecule is CS(=O)(=O)c1cccc(-c2nc(/C(Nc3ccccc3Cl)=C(\Br)C(=N)C(=O)O)no2)c1. The van der Waals surface area contributed by atoms with Crippen molar-refractivity contribution in [1.29, 1.82) is 5.41 Å². The summed E-state index contributed by atoms with van der Waals surface area (Å²) in [6.07, 6.45) is 1.08. The number of carbonyl (C=O) groups is 1. The molecule has 3 N–H and O–H groups in total. The van der Waals surface area contributed by atoms with Crippen LogP contribution in [0.4, 0.5) is 5.69 Å². The maximum absolute atomic E-state index is 11.8. The number of hydrogen-bond acceptors (Lipinski definition) is 8. The Kier molecular flexibility index (Phi) is 6.58. The lowest BCUT2D eigenvalue weighted by molar-refractivity contribution is -0.129. The largest absolute Gasteiger partial charge is 0.476 e. The Morgan fingerprint density at radius 2 is 1.94 bits per heavy atom. The highest BCUT2D eigenvalue weighted by Gasteiger charge is 2.23. The van der Waals surface area contributed by atoms with Gasteiger partial charge in [0.25, 0.3) is 5.89 Å². The molecular weight excluding hydrogens is 512 g/mol. The van der Waals surface area contributed by atoms with E-state index in [-0.39, 0.29) is 26.8 Å². The summed E-state index contributed by atoms with van der Waals surface area (Å²) in [6, 6.07) is 12.6. The van der Waals surface area contributed by atoms with E-state index in [1.54, 1.807) is 30.3 Å². The number of nitrogens with one attached hydrogen (secondary N) is 2. The zero-order valence-corrected chi connectivity index (χ0v) is 18.9. The van der Waals surface area contributed by atoms with Crippen LogP contribution >= 0.6 is 27.5 Å². The van der Waals surface area contributed by atoms with E-state index < -0.39 is 21.5 Å². The lowest BCUT2D eigenvalue weighted by atomic mass is 10.2. The zero-order valence-electron chi connectivity index (χ0n) is 15.8. The van der Waals surface area contributed by atoms with E-state index in [4.69, 9.17) is 21.5 Å². The number of rotatable bonds is 7. The number of carboxylic acid groups (broad SMARTS) is 1. The first-order valence-electron chi connectivity index (χ1n) is 8.46. The molecule has 31 heavy (non-hydrogen) atoms. The molecule has 0 fully saturated rings. The van der Waals surface area contributed by atoms with Crippen molar-refractivity contribution < 1.29 is 22.8 Å². The van der Waals surface area contributed by atoms with E-state index in [0.717, 1.165) is 6.26 Å². The van der Waals surface area contributed by atoms with Crippen LogP contribution in [0.3, 0.4) is 0 Å². The van der Waals surface area contributed by atoms with Crippen LogP contribution in [-0.4, -0.2) is 41.6 Å². The number of aromatic nitrogens is 2. The first-order valence-corrected chi connectivity index (χ1v) is 11.5. The van der Waals surface area contributed by atoms with Crippen LogP contribution < -0.4 is 5.32 Å². The van der Waals surface area contributed by atoms with E-state index in [0.29, 0.717) is 16.3 Å². The fourth-order valence-electron chi connectivity index (χ4n) is 2.43. The summed E-state index contributed by atoms with van der Waals surface area (Å²) in [5.41, 5.74) is 0.0395. The molecule has 12 heteroatoms. The minimum Gasteiger partial charge on any atom is -0.476 e. The van der Waals surface area contributed by atoms with Gasteiger partial charge in [-0.3, -0.25) is 5.41 Å². The molecule has 0 aliphatic heterocycles. The Bertz CT molecular complexity index is 1320. The molecule has 0 unspecified atom stereocenters. The second-order valence-electron chi connectivity index (χ2n) is 6.20. The van der Waals surface area contributed by atoms with Crippen LogP contribution in [0.5, 0.6) is 0 Å². The first kappa shape index (κ1) is 22.7. The summed E-state index contributed by atoms with van der Waals surface area (Å²) >= 11 is 9.27. The number of carboxylic acids is 1. The second kappa shape index (κ2) is 9.00. The maximum atomic E-state index is 11.8. The highest BCUT2D eigenvalue weighted by Crippen LogP contribution is 2.30. The number of para-hydroxylation sites is 1. The van der Waals surface area contributed by atoms with Gasteiger partial charge in [0.05, 0.1) is 20.1 Å². The third kappa shape index (κ3) is 5.19. The summed E-state index contributed by atoms with van der Waals surface area (Å²) in [7, 11) is -3.45. The molecule has 9 nitrogen and oxygen atoms in total. The van der Waals surface area contributed by atoms with Gasteiger partial charge in [0.1, 0.15) is 5.70 Å². The lowest BCUT2D eigenvalue weighted by Crippen LogP contribution is -2.15. The topological polar surface area (TPSA) is 146 Å². The van der Waals surface area contributed by atoms with Crippen molar-refractivity contribution in [2.75, 3.05) is 11.6 Å². The zero-order chi connectivity index (χ0) is 22.8. The average Bonchev–Trinajstić information content (AvgIpc) is 3.21. The van der Waals surface area contributed by atoms with Crippen LogP contribution in [0, 0.1) is 5.41 Å². The summed E-state index contributed by atoms with van der Waals surface area (Å²) in [4.78, 5) is 15.6. The quantitative estimate of drug-likeness (QED) is 0.391. The molecule has 0 atom stereocenters. The van der Waals surface area contributed by atoms with Gasteiger partial charge in [0, 0.05) is 11.8 Å². The predicted molar refractivity (Wildman–Crippen MR) is 119 cm³/mol. The van der Waals surface area contributed by atoms with Gasteiger partial charge in [-0.25, -0.2) is 13.2 Å². The minimum absolute atomic E-state index is 0.00103. The number of anilines is 1. The normalized spacial score (nSPS) is 12.2. The van der Waals surface area contributed by atoms with Crippen molar-refractivity contribution in [1.82, 2.24) is 10.1 Å². The molecule has 0 saturated heterocycles. The smallest absolute Gasteiger partial charge is 0.355 e. The van der Waals surface area contributed by atoms with Crippen LogP contribution in [0.15, 0.2) is 62.4 Å². The third-order valence-electron chi connectivity index (χ3n) is 3.95. The third-order valence-corrected chi connectivity index (χ3v) is 6.18. The fraction of sp³-hybridized carbons (Fsp3) is 0.0526. The van der Waals surface area contributed by atoms with Gasteiger partial charge >= 0.3 is 5.97 Å². The average molecular weight is 526 g/mol. The molecule has 160 valence electrons. The highest BCUT2D eigenvalue weighted by atomic mass is 79.9. The van der Waals surface area contributed by atoms with Crippen LogP contribution in [0.1, 0.15) is 5.82 Å². The number of sulfone groups is 1. The molecule has 1 aromatic heterocycles. The van der Waals surface area contributed by atoms with Gasteiger partial charge < -0.3 is 14.9 Å². The van der Waals surface area contributed by atoms with Crippen molar-refractivity contribution in [3.05, 3.63) is 63.9 Å². The number of aliphatic carboxylic acids is 1. The lowest BCUT2D eigenvalue weighted by Gasteiger charge is -2.11. The van der Waals surface area contributed by atoms with Crippen LogP contribution in [0.25, 0.3) is 17.2 Å². The molecule has 1 heterocycles. The second-order valence-corrected chi connectivity index (χ2v) is 9.41. The molecule has 0 radical (unpaired) electrons. The molecule has 2 aromatic carbocycles. The van der Waals surface area contributed by atoms with Gasteiger partial charge in [-0.1, -0.05) is 35.0 Å². The molecule has 0 aliphatic carbocycles. The molecule has 0 spiro atoms. The summed E-state index contributed by atoms with van der Waals surface area (Å²) in [5.74, 6) is -1.55. The number of nitrogens with zero attached hydrogens (tertiary/aromatic N) is 2. The van der Waals surface area contributed by atoms with E-state index in [1.807, 2.05) is 0 Å². The maximum Gasteiger partial charge on any atom is 0.355 e. The molecule has 0 amide bonds. The summed E-state index contributed by atoms with van der Waals surface area (Å²) < 4.78 is 28.7. The summed E-state index contributed by atoms with van der Waals surface area (Å²) in [5, 5.41) is 24.1. The van der Waals surface area contributed by atoms with Gasteiger partial charge in [-0.15, -0.1) is 0 Å². The fourth-order valence-corrected chi connectivity index (χ4v) is 3.72. The van der Waals surface area contributed by atoms with Crippen molar-refractivity contribution in [2.45, 2.75) is 4.90 Å². The Morgan fingerprint density at radius 1 is 1.23 bits per heavy atom. The Balaban J connectivity index is 2.09. The molecule has 3 rings (SSSR count). The Morgan fingerprint density at radius 3 is 2.58 bits per heavy atom. The molecule has 0 aliphatic rings. The monoisotopic (exact) mass is 524 g/mol. The van der Waals surface area contributed by atoms with Gasteiger partial charge in [-0.2, -0.15) is 4.98 Å². The molecule has 0 saturated carbocycles. The minimum atomic E-state index is -3.45. The molecule has 0 bridgehead atoms. The number of hydrogen-bond donors (Lipinski definition) is 3. The molecule has 3 aromatic rings. The summed E-state index contributed by atoms with van der Waals surface area (Å²) in [6.45, 7) is 0. The predicted octanol–water partition coefficient (Wildman–Crippen LogP) is 4.07. The highest BCUT2D eigenvalue weighted by molar-refractivity contribution is 9.12. The Labute approximate surface area is 190 Å². The van der Waals surface area contributed by atoms with Crippen LogP contribution in [-0.2, 0) is 14.6 Å². The number of benzene rings is 2. The van der Waals surface area contributed by atoms with Crippen molar-refractivity contribution in [2.24, 2.45) is 0 Å².